The lowest BCUT2D eigenvalue weighted by Crippen LogP contribution is -2.41. The minimum Gasteiger partial charge on any atom is -0.480 e. The second-order valence-electron chi connectivity index (χ2n) is 7.72. The van der Waals surface area contributed by atoms with Gasteiger partial charge in [-0.3, -0.25) is 14.4 Å². The molecule has 1 atom stereocenters. The van der Waals surface area contributed by atoms with Gasteiger partial charge >= 0.3 is 12.1 Å². The summed E-state index contributed by atoms with van der Waals surface area (Å²) in [7, 11) is 1.40. The fourth-order valence-electron chi connectivity index (χ4n) is 3.78. The van der Waals surface area contributed by atoms with Gasteiger partial charge in [0.25, 0.3) is 0 Å². The zero-order valence-corrected chi connectivity index (χ0v) is 18.7. The zero-order valence-electron chi connectivity index (χ0n) is 18.7. The fraction of sp³-hybridized carbons (Fsp3) is 0.333. The average molecular weight is 469 g/mol. The number of nitrogens with one attached hydrogen (secondary N) is 3. The molecule has 0 heterocycles. The Bertz CT molecular complexity index is 1010. The lowest BCUT2D eigenvalue weighted by Gasteiger charge is -2.17. The van der Waals surface area contributed by atoms with Crippen LogP contribution in [0.2, 0.25) is 0 Å². The maximum absolute atomic E-state index is 12.3. The third kappa shape index (κ3) is 6.55. The molecule has 1 aliphatic carbocycles. The quantitative estimate of drug-likeness (QED) is 0.388. The molecule has 0 saturated carbocycles. The Kier molecular flexibility index (Phi) is 8.58. The first kappa shape index (κ1) is 24.7. The van der Waals surface area contributed by atoms with Gasteiger partial charge in [-0.1, -0.05) is 48.5 Å². The number of fused-ring (bicyclic) bond motifs is 3. The van der Waals surface area contributed by atoms with Gasteiger partial charge < -0.3 is 30.5 Å². The van der Waals surface area contributed by atoms with Gasteiger partial charge in [0.2, 0.25) is 11.8 Å². The third-order valence-electron chi connectivity index (χ3n) is 5.45. The number of hydrogen-bond donors (Lipinski definition) is 4. The van der Waals surface area contributed by atoms with Crippen molar-refractivity contribution in [3.63, 3.8) is 0 Å². The minimum atomic E-state index is -1.18. The highest BCUT2D eigenvalue weighted by atomic mass is 16.5. The number of methoxy groups -OCH3 is 1. The van der Waals surface area contributed by atoms with Gasteiger partial charge in [-0.05, 0) is 22.3 Å². The molecule has 0 radical (unpaired) electrons. The van der Waals surface area contributed by atoms with Crippen LogP contribution >= 0.6 is 0 Å². The number of carbonyl (C=O) groups excluding carboxylic acids is 3. The number of carboxylic acid groups (broad SMARTS) is 1. The second kappa shape index (κ2) is 11.8. The molecule has 3 amide bonds. The van der Waals surface area contributed by atoms with Crippen molar-refractivity contribution in [2.24, 2.45) is 0 Å². The summed E-state index contributed by atoms with van der Waals surface area (Å²) in [6, 6.07) is 16.1. The highest BCUT2D eigenvalue weighted by Crippen LogP contribution is 2.44. The minimum absolute atomic E-state index is 0.0335. The number of amides is 3. The summed E-state index contributed by atoms with van der Waals surface area (Å²) in [5, 5.41) is 15.6. The molecule has 0 fully saturated rings. The number of carbonyl (C=O) groups is 4. The molecule has 0 aromatic heterocycles. The van der Waals surface area contributed by atoms with Crippen LogP contribution in [0.3, 0.4) is 0 Å². The van der Waals surface area contributed by atoms with Crippen molar-refractivity contribution in [2.45, 2.75) is 18.4 Å². The van der Waals surface area contributed by atoms with Crippen molar-refractivity contribution in [3.8, 4) is 11.1 Å². The van der Waals surface area contributed by atoms with Gasteiger partial charge in [0, 0.05) is 19.6 Å². The van der Waals surface area contributed by atoms with Gasteiger partial charge in [0.1, 0.15) is 13.2 Å². The number of ether oxygens (including phenoxy) is 2. The Morgan fingerprint density at radius 1 is 0.882 bits per heavy atom. The molecule has 1 aliphatic rings. The van der Waals surface area contributed by atoms with Crippen LogP contribution in [0.5, 0.6) is 0 Å². The number of hydrogen-bond acceptors (Lipinski definition) is 6. The summed E-state index contributed by atoms with van der Waals surface area (Å²) in [5.74, 6) is -2.35. The van der Waals surface area contributed by atoms with E-state index in [0.717, 1.165) is 22.3 Å². The molecule has 2 aromatic rings. The zero-order chi connectivity index (χ0) is 24.5. The monoisotopic (exact) mass is 469 g/mol. The van der Waals surface area contributed by atoms with Crippen molar-refractivity contribution in [3.05, 3.63) is 59.7 Å². The van der Waals surface area contributed by atoms with Gasteiger partial charge in [-0.25, -0.2) is 4.79 Å². The van der Waals surface area contributed by atoms with Crippen LogP contribution in [-0.2, 0) is 23.9 Å². The van der Waals surface area contributed by atoms with E-state index in [1.165, 1.54) is 7.11 Å². The van der Waals surface area contributed by atoms with Crippen molar-refractivity contribution >= 4 is 23.9 Å². The average Bonchev–Trinajstić information content (AvgIpc) is 3.16. The fourth-order valence-corrected chi connectivity index (χ4v) is 3.78. The standard InChI is InChI=1S/C24H27N3O7/c1-33-15(10-21(28)25-12-22(29)26-13-23(30)31)11-27-24(32)34-14-20-18-8-4-2-6-16(18)17-7-3-5-9-19(17)20/h2-9,15,20H,10-14H2,1H3,(H,25,28)(H,26,29)(H,27,32)(H,30,31). The summed E-state index contributed by atoms with van der Waals surface area (Å²) < 4.78 is 10.7. The highest BCUT2D eigenvalue weighted by Gasteiger charge is 2.29. The van der Waals surface area contributed by atoms with Crippen molar-refractivity contribution < 1.29 is 33.8 Å². The van der Waals surface area contributed by atoms with E-state index in [9.17, 15) is 19.2 Å². The Labute approximate surface area is 196 Å². The predicted molar refractivity (Wildman–Crippen MR) is 122 cm³/mol. The van der Waals surface area contributed by atoms with E-state index in [1.54, 1.807) is 0 Å². The van der Waals surface area contributed by atoms with Crippen molar-refractivity contribution in [1.82, 2.24) is 16.0 Å². The van der Waals surface area contributed by atoms with E-state index in [4.69, 9.17) is 14.6 Å². The molecule has 4 N–H and O–H groups in total. The molecule has 3 rings (SSSR count). The van der Waals surface area contributed by atoms with Crippen LogP contribution in [0, 0.1) is 0 Å². The van der Waals surface area contributed by atoms with Crippen LogP contribution in [0.25, 0.3) is 11.1 Å². The second-order valence-corrected chi connectivity index (χ2v) is 7.72. The lowest BCUT2D eigenvalue weighted by atomic mass is 9.98. The summed E-state index contributed by atoms with van der Waals surface area (Å²) in [5.41, 5.74) is 4.48. The maximum atomic E-state index is 12.3. The van der Waals surface area contributed by atoms with Crippen LogP contribution in [0.1, 0.15) is 23.5 Å². The third-order valence-corrected chi connectivity index (χ3v) is 5.45. The normalized spacial score (nSPS) is 12.7. The molecule has 0 bridgehead atoms. The molecule has 0 aliphatic heterocycles. The first-order valence-electron chi connectivity index (χ1n) is 10.8. The molecular weight excluding hydrogens is 442 g/mol. The van der Waals surface area contributed by atoms with Gasteiger partial charge in [-0.2, -0.15) is 0 Å². The van der Waals surface area contributed by atoms with Gasteiger partial charge in [-0.15, -0.1) is 0 Å². The lowest BCUT2D eigenvalue weighted by molar-refractivity contribution is -0.137. The summed E-state index contributed by atoms with van der Waals surface area (Å²) in [6.07, 6.45) is -1.37. The largest absolute Gasteiger partial charge is 0.480 e. The molecule has 34 heavy (non-hydrogen) atoms. The van der Waals surface area contributed by atoms with Crippen LogP contribution in [0.15, 0.2) is 48.5 Å². The van der Waals surface area contributed by atoms with E-state index < -0.39 is 36.5 Å². The van der Waals surface area contributed by atoms with Crippen LogP contribution in [-0.4, -0.2) is 68.4 Å². The molecule has 10 nitrogen and oxygen atoms in total. The Balaban J connectivity index is 1.43. The van der Waals surface area contributed by atoms with E-state index in [0.29, 0.717) is 0 Å². The Morgan fingerprint density at radius 2 is 1.47 bits per heavy atom. The van der Waals surface area contributed by atoms with E-state index >= 15 is 0 Å². The van der Waals surface area contributed by atoms with E-state index in [2.05, 4.69) is 28.1 Å². The van der Waals surface area contributed by atoms with Gasteiger partial charge in [0.05, 0.1) is 19.1 Å². The molecule has 2 aromatic carbocycles. The van der Waals surface area contributed by atoms with Gasteiger partial charge in [0.15, 0.2) is 0 Å². The van der Waals surface area contributed by atoms with E-state index in [1.807, 2.05) is 36.4 Å². The number of aliphatic carboxylic acids is 1. The smallest absolute Gasteiger partial charge is 0.407 e. The predicted octanol–water partition coefficient (Wildman–Crippen LogP) is 1.25. The summed E-state index contributed by atoms with van der Waals surface area (Å²) in [6.45, 7) is -0.683. The first-order valence-corrected chi connectivity index (χ1v) is 10.8. The van der Waals surface area contributed by atoms with Crippen molar-refractivity contribution in [1.29, 1.82) is 0 Å². The number of carboxylic acids is 1. The molecule has 10 heteroatoms. The van der Waals surface area contributed by atoms with Crippen molar-refractivity contribution in [2.75, 3.05) is 33.4 Å². The molecule has 0 spiro atoms. The first-order chi connectivity index (χ1) is 16.4. The number of alkyl carbamates (subject to hydrolysis) is 1. The summed E-state index contributed by atoms with van der Waals surface area (Å²) >= 11 is 0. The molecule has 0 saturated heterocycles. The summed E-state index contributed by atoms with van der Waals surface area (Å²) in [4.78, 5) is 46.2. The molecular formula is C24H27N3O7. The molecule has 1 unspecified atom stereocenters. The Hall–Kier alpha value is -3.92. The topological polar surface area (TPSA) is 143 Å². The van der Waals surface area contributed by atoms with Crippen LogP contribution < -0.4 is 16.0 Å². The van der Waals surface area contributed by atoms with E-state index in [-0.39, 0.29) is 32.0 Å². The molecule has 180 valence electrons. The Morgan fingerprint density at radius 3 is 2.06 bits per heavy atom. The van der Waals surface area contributed by atoms with Crippen LogP contribution in [0.4, 0.5) is 4.79 Å². The number of benzene rings is 2. The number of rotatable bonds is 11. The maximum Gasteiger partial charge on any atom is 0.407 e. The highest BCUT2D eigenvalue weighted by molar-refractivity contribution is 5.86. The SMILES string of the molecule is COC(CNC(=O)OCC1c2ccccc2-c2ccccc21)CC(=O)NCC(=O)NCC(=O)O.